The quantitative estimate of drug-likeness (QED) is 0.576. The summed E-state index contributed by atoms with van der Waals surface area (Å²) >= 11 is 6.74. The van der Waals surface area contributed by atoms with Gasteiger partial charge in [-0.2, -0.15) is 0 Å². The average molecular weight is 432 g/mol. The highest BCUT2D eigenvalue weighted by molar-refractivity contribution is 6.31. The maximum Gasteiger partial charge on any atom is 0.305 e. The van der Waals surface area contributed by atoms with Crippen LogP contribution in [0.5, 0.6) is 0 Å². The lowest BCUT2D eigenvalue weighted by Crippen LogP contribution is -2.42. The minimum absolute atomic E-state index is 0.0397. The molecule has 1 amide bonds. The summed E-state index contributed by atoms with van der Waals surface area (Å²) in [6, 6.07) is 6.35. The van der Waals surface area contributed by atoms with Gasteiger partial charge < -0.3 is 10.0 Å². The van der Waals surface area contributed by atoms with Crippen LogP contribution in [0.4, 0.5) is 0 Å². The van der Waals surface area contributed by atoms with Gasteiger partial charge in [0.25, 0.3) is 0 Å². The third-order valence-corrected chi connectivity index (χ3v) is 7.47. The van der Waals surface area contributed by atoms with Gasteiger partial charge in [0, 0.05) is 29.6 Å². The van der Waals surface area contributed by atoms with E-state index in [1.807, 2.05) is 6.20 Å². The molecule has 1 aliphatic carbocycles. The summed E-state index contributed by atoms with van der Waals surface area (Å²) in [5, 5.41) is 9.78. The highest BCUT2D eigenvalue weighted by Gasteiger charge is 2.41. The predicted octanol–water partition coefficient (Wildman–Crippen LogP) is 5.99. The zero-order valence-corrected chi connectivity index (χ0v) is 19.5. The zero-order valence-electron chi connectivity index (χ0n) is 18.7. The molecule has 0 bridgehead atoms. The molecular formula is C25H34ClNO3. The highest BCUT2D eigenvalue weighted by Crippen LogP contribution is 2.49. The molecule has 30 heavy (non-hydrogen) atoms. The monoisotopic (exact) mass is 431 g/mol. The van der Waals surface area contributed by atoms with Gasteiger partial charge in [0.05, 0.1) is 6.42 Å². The number of amides is 1. The van der Waals surface area contributed by atoms with Gasteiger partial charge in [0.2, 0.25) is 5.91 Å². The molecule has 1 saturated carbocycles. The summed E-state index contributed by atoms with van der Waals surface area (Å²) in [6.07, 6.45) is 4.54. The number of aliphatic carboxylic acids is 1. The number of nitrogens with zero attached hydrogens (tertiary/aromatic N) is 1. The molecule has 0 spiro atoms. The molecule has 5 heteroatoms. The first kappa shape index (κ1) is 22.9. The van der Waals surface area contributed by atoms with Gasteiger partial charge in [-0.3, -0.25) is 9.59 Å². The molecule has 1 atom stereocenters. The second-order valence-electron chi connectivity index (χ2n) is 9.89. The Kier molecular flexibility index (Phi) is 6.66. The second-order valence-corrected chi connectivity index (χ2v) is 10.3. The number of carbonyl (C=O) groups excluding carboxylic acids is 1. The van der Waals surface area contributed by atoms with Crippen LogP contribution >= 0.6 is 11.6 Å². The van der Waals surface area contributed by atoms with Crippen molar-refractivity contribution >= 4 is 23.5 Å². The first-order valence-corrected chi connectivity index (χ1v) is 11.4. The van der Waals surface area contributed by atoms with Crippen LogP contribution in [0.25, 0.3) is 0 Å². The van der Waals surface area contributed by atoms with Gasteiger partial charge in [-0.25, -0.2) is 0 Å². The number of rotatable bonds is 7. The van der Waals surface area contributed by atoms with Crippen LogP contribution < -0.4 is 0 Å². The summed E-state index contributed by atoms with van der Waals surface area (Å²) in [5.41, 5.74) is 2.98. The second kappa shape index (κ2) is 8.74. The number of benzene rings is 1. The molecule has 2 aliphatic rings. The standard InChI is InChI=1S/C25H34ClNO3/c1-15(2)17-10-18(11-17)20-7-6-19(12-22(20)26)25(5)13-23(28)27(9-8-24(29)30)14-21(25)16(3)4/h6-7,12,14-18H,8-11,13H2,1-5H3,(H,29,30)/t17?,18?,25-/m0/s1. The van der Waals surface area contributed by atoms with Crippen LogP contribution in [0.2, 0.25) is 5.02 Å². The molecule has 1 fully saturated rings. The average Bonchev–Trinajstić information content (AvgIpc) is 2.60. The summed E-state index contributed by atoms with van der Waals surface area (Å²) in [4.78, 5) is 25.4. The first-order chi connectivity index (χ1) is 14.0. The van der Waals surface area contributed by atoms with Crippen LogP contribution in [0.1, 0.15) is 77.3 Å². The SMILES string of the molecule is CC(C)C1=CN(CCC(=O)O)C(=O)C[C@@]1(C)c1ccc(C2CC(C(C)C)C2)c(Cl)c1. The number of hydrogen-bond acceptors (Lipinski definition) is 2. The maximum absolute atomic E-state index is 12.8. The van der Waals surface area contributed by atoms with Crippen LogP contribution in [0.15, 0.2) is 30.0 Å². The predicted molar refractivity (Wildman–Crippen MR) is 121 cm³/mol. The highest BCUT2D eigenvalue weighted by atomic mass is 35.5. The van der Waals surface area contributed by atoms with Gasteiger partial charge >= 0.3 is 5.97 Å². The minimum Gasteiger partial charge on any atom is -0.481 e. The van der Waals surface area contributed by atoms with E-state index in [1.54, 1.807) is 4.90 Å². The van der Waals surface area contributed by atoms with E-state index in [4.69, 9.17) is 16.7 Å². The molecule has 0 saturated heterocycles. The fraction of sp³-hybridized carbons (Fsp3) is 0.600. The molecule has 1 aromatic carbocycles. The lowest BCUT2D eigenvalue weighted by Gasteiger charge is -2.42. The fourth-order valence-corrected chi connectivity index (χ4v) is 5.35. The smallest absolute Gasteiger partial charge is 0.305 e. The molecule has 4 nitrogen and oxygen atoms in total. The number of allylic oxidation sites excluding steroid dienone is 1. The van der Waals surface area contributed by atoms with E-state index in [1.165, 1.54) is 18.4 Å². The molecule has 1 heterocycles. The lowest BCUT2D eigenvalue weighted by molar-refractivity contribution is -0.138. The molecular weight excluding hydrogens is 398 g/mol. The van der Waals surface area contributed by atoms with E-state index in [9.17, 15) is 9.59 Å². The van der Waals surface area contributed by atoms with E-state index in [2.05, 4.69) is 52.8 Å². The third kappa shape index (κ3) is 4.44. The van der Waals surface area contributed by atoms with E-state index in [-0.39, 0.29) is 24.8 Å². The summed E-state index contributed by atoms with van der Waals surface area (Å²) in [5.74, 6) is 1.33. The van der Waals surface area contributed by atoms with Crippen LogP contribution in [0, 0.1) is 17.8 Å². The lowest BCUT2D eigenvalue weighted by atomic mass is 9.65. The molecule has 1 aliphatic heterocycles. The van der Waals surface area contributed by atoms with Crippen molar-refractivity contribution in [1.29, 1.82) is 0 Å². The Balaban J connectivity index is 1.88. The molecule has 0 aromatic heterocycles. The third-order valence-electron chi connectivity index (χ3n) is 7.14. The van der Waals surface area contributed by atoms with Crippen molar-refractivity contribution < 1.29 is 14.7 Å². The van der Waals surface area contributed by atoms with Crippen molar-refractivity contribution in [2.45, 2.75) is 71.6 Å². The molecule has 1 N–H and O–H groups in total. The topological polar surface area (TPSA) is 57.6 Å². The van der Waals surface area contributed by atoms with Gasteiger partial charge in [-0.1, -0.05) is 58.4 Å². The normalized spacial score (nSPS) is 26.7. The number of carboxylic acids is 1. The number of hydrogen-bond donors (Lipinski definition) is 1. The molecule has 1 aromatic rings. The Labute approximate surface area is 185 Å². The Morgan fingerprint density at radius 1 is 1.27 bits per heavy atom. The van der Waals surface area contributed by atoms with Crippen molar-refractivity contribution in [3.63, 3.8) is 0 Å². The molecule has 3 rings (SSSR count). The fourth-order valence-electron chi connectivity index (χ4n) is 5.01. The molecule has 0 radical (unpaired) electrons. The van der Waals surface area contributed by atoms with Crippen molar-refractivity contribution in [3.8, 4) is 0 Å². The summed E-state index contributed by atoms with van der Waals surface area (Å²) < 4.78 is 0. The Morgan fingerprint density at radius 2 is 1.93 bits per heavy atom. The first-order valence-electron chi connectivity index (χ1n) is 11.1. The van der Waals surface area contributed by atoms with E-state index in [0.29, 0.717) is 18.3 Å². The van der Waals surface area contributed by atoms with Gasteiger partial charge in [-0.05, 0) is 59.3 Å². The van der Waals surface area contributed by atoms with Gasteiger partial charge in [0.1, 0.15) is 0 Å². The van der Waals surface area contributed by atoms with E-state index < -0.39 is 11.4 Å². The van der Waals surface area contributed by atoms with Crippen molar-refractivity contribution in [2.24, 2.45) is 17.8 Å². The van der Waals surface area contributed by atoms with E-state index >= 15 is 0 Å². The summed E-state index contributed by atoms with van der Waals surface area (Å²) in [6.45, 7) is 11.1. The van der Waals surface area contributed by atoms with Crippen LogP contribution in [-0.2, 0) is 15.0 Å². The van der Waals surface area contributed by atoms with Crippen LogP contribution in [-0.4, -0.2) is 28.4 Å². The van der Waals surface area contributed by atoms with Crippen LogP contribution in [0.3, 0.4) is 0 Å². The number of halogens is 1. The Morgan fingerprint density at radius 3 is 2.47 bits per heavy atom. The summed E-state index contributed by atoms with van der Waals surface area (Å²) in [7, 11) is 0. The van der Waals surface area contributed by atoms with E-state index in [0.717, 1.165) is 22.1 Å². The number of carbonyl (C=O) groups is 2. The Bertz CT molecular complexity index is 854. The van der Waals surface area contributed by atoms with Gasteiger partial charge in [0.15, 0.2) is 0 Å². The van der Waals surface area contributed by atoms with Crippen molar-refractivity contribution in [2.75, 3.05) is 6.54 Å². The largest absolute Gasteiger partial charge is 0.481 e. The minimum atomic E-state index is -0.895. The maximum atomic E-state index is 12.8. The zero-order chi connectivity index (χ0) is 22.2. The number of carboxylic acid groups (broad SMARTS) is 1. The van der Waals surface area contributed by atoms with Crippen molar-refractivity contribution in [3.05, 3.63) is 46.1 Å². The van der Waals surface area contributed by atoms with Gasteiger partial charge in [-0.15, -0.1) is 0 Å². The Hall–Kier alpha value is -1.81. The molecule has 164 valence electrons. The van der Waals surface area contributed by atoms with Crippen molar-refractivity contribution in [1.82, 2.24) is 4.90 Å². The molecule has 0 unspecified atom stereocenters.